The molecule has 0 radical (unpaired) electrons. The van der Waals surface area contributed by atoms with Crippen LogP contribution in [0, 0.1) is 0 Å². The van der Waals surface area contributed by atoms with Gasteiger partial charge in [-0.15, -0.1) is 11.3 Å². The van der Waals surface area contributed by atoms with Gasteiger partial charge < -0.3 is 5.32 Å². The zero-order valence-electron chi connectivity index (χ0n) is 8.16. The van der Waals surface area contributed by atoms with Crippen LogP contribution in [0.25, 0.3) is 0 Å². The van der Waals surface area contributed by atoms with E-state index in [9.17, 15) is 4.79 Å². The zero-order chi connectivity index (χ0) is 9.80. The number of rotatable bonds is 2. The number of Topliss-reactive ketones (excluding diaryl/α,β-unsaturated/α-hetero) is 1. The van der Waals surface area contributed by atoms with Gasteiger partial charge in [-0.25, -0.2) is 0 Å². The largest absolute Gasteiger partial charge is 0.307 e. The quantitative estimate of drug-likeness (QED) is 0.758. The molecule has 1 aliphatic rings. The van der Waals surface area contributed by atoms with Crippen molar-refractivity contribution in [3.05, 3.63) is 22.4 Å². The Kier molecular flexibility index (Phi) is 3.32. The molecule has 0 bridgehead atoms. The van der Waals surface area contributed by atoms with Gasteiger partial charge in [0.05, 0.1) is 10.9 Å². The monoisotopic (exact) mass is 209 g/mol. The van der Waals surface area contributed by atoms with Gasteiger partial charge in [0.2, 0.25) is 0 Å². The maximum Gasteiger partial charge on any atom is 0.189 e. The molecule has 14 heavy (non-hydrogen) atoms. The molecular formula is C11H15NOS. The van der Waals surface area contributed by atoms with Crippen LogP contribution >= 0.6 is 11.3 Å². The maximum absolute atomic E-state index is 12.0. The summed E-state index contributed by atoms with van der Waals surface area (Å²) in [4.78, 5) is 12.9. The molecule has 0 amide bonds. The maximum atomic E-state index is 12.0. The Balaban J connectivity index is 2.03. The summed E-state index contributed by atoms with van der Waals surface area (Å²) in [5.41, 5.74) is 0. The highest BCUT2D eigenvalue weighted by Gasteiger charge is 2.21. The van der Waals surface area contributed by atoms with E-state index in [-0.39, 0.29) is 11.8 Å². The molecule has 76 valence electrons. The summed E-state index contributed by atoms with van der Waals surface area (Å²) in [5, 5.41) is 5.29. The fourth-order valence-corrected chi connectivity index (χ4v) is 2.56. The molecule has 1 aromatic rings. The summed E-state index contributed by atoms with van der Waals surface area (Å²) in [7, 11) is 0. The highest BCUT2D eigenvalue weighted by atomic mass is 32.1. The van der Waals surface area contributed by atoms with Gasteiger partial charge in [-0.05, 0) is 30.8 Å². The molecule has 0 spiro atoms. The van der Waals surface area contributed by atoms with Crippen molar-refractivity contribution in [2.24, 2.45) is 0 Å². The van der Waals surface area contributed by atoms with Crippen LogP contribution in [-0.4, -0.2) is 18.4 Å². The molecule has 0 aromatic carbocycles. The van der Waals surface area contributed by atoms with E-state index in [4.69, 9.17) is 0 Å². The van der Waals surface area contributed by atoms with Crippen molar-refractivity contribution in [2.45, 2.75) is 31.7 Å². The number of nitrogens with one attached hydrogen (secondary N) is 1. The summed E-state index contributed by atoms with van der Waals surface area (Å²) in [6.07, 6.45) is 4.63. The van der Waals surface area contributed by atoms with E-state index in [1.807, 2.05) is 17.5 Å². The predicted molar refractivity (Wildman–Crippen MR) is 58.9 cm³/mol. The Hall–Kier alpha value is -0.670. The lowest BCUT2D eigenvalue weighted by Gasteiger charge is -2.12. The third-order valence-corrected chi connectivity index (χ3v) is 3.53. The first-order valence-corrected chi connectivity index (χ1v) is 6.07. The second-order valence-electron chi connectivity index (χ2n) is 3.70. The average molecular weight is 209 g/mol. The number of carbonyl (C=O) groups is 1. The van der Waals surface area contributed by atoms with Gasteiger partial charge in [-0.1, -0.05) is 18.9 Å². The van der Waals surface area contributed by atoms with Crippen molar-refractivity contribution in [3.8, 4) is 0 Å². The highest BCUT2D eigenvalue weighted by molar-refractivity contribution is 7.12. The minimum Gasteiger partial charge on any atom is -0.307 e. The molecule has 1 N–H and O–H groups in total. The van der Waals surface area contributed by atoms with Crippen molar-refractivity contribution in [2.75, 3.05) is 6.54 Å². The fourth-order valence-electron chi connectivity index (χ4n) is 1.84. The number of hydrogen-bond donors (Lipinski definition) is 1. The topological polar surface area (TPSA) is 29.1 Å². The number of thiophene rings is 1. The van der Waals surface area contributed by atoms with Gasteiger partial charge in [-0.3, -0.25) is 4.79 Å². The molecule has 1 aliphatic heterocycles. The number of carbonyl (C=O) groups excluding carboxylic acids is 1. The molecule has 3 heteroatoms. The second-order valence-corrected chi connectivity index (χ2v) is 4.65. The van der Waals surface area contributed by atoms with Crippen molar-refractivity contribution in [1.29, 1.82) is 0 Å². The molecule has 1 atom stereocenters. The van der Waals surface area contributed by atoms with Crippen LogP contribution in [0.4, 0.5) is 0 Å². The van der Waals surface area contributed by atoms with Crippen LogP contribution in [-0.2, 0) is 0 Å². The molecule has 1 saturated heterocycles. The van der Waals surface area contributed by atoms with Gasteiger partial charge in [-0.2, -0.15) is 0 Å². The van der Waals surface area contributed by atoms with Crippen molar-refractivity contribution >= 4 is 17.1 Å². The standard InChI is InChI=1S/C11H15NOS/c13-11(10-6-4-8-14-10)9-5-2-1-3-7-12-9/h4,6,8-9,12H,1-3,5,7H2. The summed E-state index contributed by atoms with van der Waals surface area (Å²) in [6.45, 7) is 0.988. The first kappa shape index (κ1) is 9.87. The van der Waals surface area contributed by atoms with E-state index in [1.165, 1.54) is 19.3 Å². The molecule has 1 unspecified atom stereocenters. The lowest BCUT2D eigenvalue weighted by molar-refractivity contribution is 0.0945. The van der Waals surface area contributed by atoms with Crippen molar-refractivity contribution in [3.63, 3.8) is 0 Å². The second kappa shape index (κ2) is 4.71. The minimum absolute atomic E-state index is 0.0659. The molecule has 1 aromatic heterocycles. The molecule has 0 saturated carbocycles. The Morgan fingerprint density at radius 2 is 2.36 bits per heavy atom. The van der Waals surface area contributed by atoms with E-state index in [1.54, 1.807) is 11.3 Å². The third kappa shape index (κ3) is 2.22. The van der Waals surface area contributed by atoms with Crippen LogP contribution in [0.2, 0.25) is 0 Å². The molecule has 0 aliphatic carbocycles. The van der Waals surface area contributed by atoms with Crippen molar-refractivity contribution in [1.82, 2.24) is 5.32 Å². The Morgan fingerprint density at radius 3 is 3.14 bits per heavy atom. The Labute approximate surface area is 88.3 Å². The van der Waals surface area contributed by atoms with Crippen LogP contribution in [0.3, 0.4) is 0 Å². The first-order valence-electron chi connectivity index (χ1n) is 5.19. The molecule has 2 heterocycles. The Morgan fingerprint density at radius 1 is 1.43 bits per heavy atom. The van der Waals surface area contributed by atoms with Gasteiger partial charge >= 0.3 is 0 Å². The van der Waals surface area contributed by atoms with E-state index in [2.05, 4.69) is 5.32 Å². The molecular weight excluding hydrogens is 194 g/mol. The van der Waals surface area contributed by atoms with E-state index in [0.717, 1.165) is 17.8 Å². The van der Waals surface area contributed by atoms with Crippen LogP contribution in [0.1, 0.15) is 35.4 Å². The summed E-state index contributed by atoms with van der Waals surface area (Å²) < 4.78 is 0. The predicted octanol–water partition coefficient (Wildman–Crippen LogP) is 2.46. The zero-order valence-corrected chi connectivity index (χ0v) is 8.98. The van der Waals surface area contributed by atoms with E-state index >= 15 is 0 Å². The van der Waals surface area contributed by atoms with Crippen LogP contribution in [0.15, 0.2) is 17.5 Å². The SMILES string of the molecule is O=C(c1cccs1)C1CCCCCN1. The Bertz CT molecular complexity index is 286. The first-order chi connectivity index (χ1) is 6.88. The van der Waals surface area contributed by atoms with Gasteiger partial charge in [0.15, 0.2) is 5.78 Å². The van der Waals surface area contributed by atoms with Crippen LogP contribution in [0.5, 0.6) is 0 Å². The van der Waals surface area contributed by atoms with Gasteiger partial charge in [0, 0.05) is 0 Å². The van der Waals surface area contributed by atoms with Crippen LogP contribution < -0.4 is 5.32 Å². The summed E-state index contributed by atoms with van der Waals surface area (Å²) in [6, 6.07) is 3.92. The third-order valence-electron chi connectivity index (χ3n) is 2.64. The summed E-state index contributed by atoms with van der Waals surface area (Å²) in [5.74, 6) is 0.280. The highest BCUT2D eigenvalue weighted by Crippen LogP contribution is 2.16. The summed E-state index contributed by atoms with van der Waals surface area (Å²) >= 11 is 1.54. The lowest BCUT2D eigenvalue weighted by Crippen LogP contribution is -2.35. The van der Waals surface area contributed by atoms with Crippen molar-refractivity contribution < 1.29 is 4.79 Å². The number of ketones is 1. The van der Waals surface area contributed by atoms with Gasteiger partial charge in [0.1, 0.15) is 0 Å². The molecule has 2 nitrogen and oxygen atoms in total. The number of hydrogen-bond acceptors (Lipinski definition) is 3. The molecule has 1 fully saturated rings. The smallest absolute Gasteiger partial charge is 0.189 e. The van der Waals surface area contributed by atoms with E-state index < -0.39 is 0 Å². The molecule has 2 rings (SSSR count). The lowest BCUT2D eigenvalue weighted by atomic mass is 10.1. The average Bonchev–Trinajstić information content (AvgIpc) is 2.59. The van der Waals surface area contributed by atoms with E-state index in [0.29, 0.717) is 0 Å². The normalized spacial score (nSPS) is 23.0. The minimum atomic E-state index is 0.0659. The fraction of sp³-hybridized carbons (Fsp3) is 0.545. The van der Waals surface area contributed by atoms with Gasteiger partial charge in [0.25, 0.3) is 0 Å².